The Morgan fingerprint density at radius 1 is 0.400 bits per heavy atom. The number of nitrogens with zero attached hydrogens (tertiary/aromatic N) is 3. The summed E-state index contributed by atoms with van der Waals surface area (Å²) in [6, 6.07) is 22.7. The molecule has 0 radical (unpaired) electrons. The zero-order valence-electron chi connectivity index (χ0n) is 15.2. The van der Waals surface area contributed by atoms with Crippen LogP contribution in [0.3, 0.4) is 0 Å². The summed E-state index contributed by atoms with van der Waals surface area (Å²) in [5.74, 6) is 3.87. The van der Waals surface area contributed by atoms with Gasteiger partial charge < -0.3 is 14.5 Å². The molecule has 0 bridgehead atoms. The van der Waals surface area contributed by atoms with Crippen LogP contribution in [0, 0.1) is 0 Å². The molecule has 4 heterocycles. The fraction of sp³-hybridized carbons (Fsp3) is 0. The van der Waals surface area contributed by atoms with Crippen LogP contribution in [0.4, 0.5) is 0 Å². The molecule has 4 aliphatic heterocycles. The van der Waals surface area contributed by atoms with Gasteiger partial charge in [-0.1, -0.05) is 36.4 Å². The highest BCUT2D eigenvalue weighted by Crippen LogP contribution is 2.80. The standard InChI is InChI=1S/C18H12N3O6P3/c1-4-10-16-13(7-1)22-19-28(25-16)20-23-15-9-3-6-12-18(15)27-30(20)21-24-14-8-2-5-11-17(14)26-29(19)21/h1-12H/p+3. The number of rotatable bonds is 0. The number of fused-ring (bicyclic) bond motifs is 9. The van der Waals surface area contributed by atoms with Crippen molar-refractivity contribution in [3.63, 3.8) is 0 Å². The Labute approximate surface area is 174 Å². The van der Waals surface area contributed by atoms with Gasteiger partial charge >= 0.3 is 25.3 Å². The van der Waals surface area contributed by atoms with Crippen LogP contribution in [0.2, 0.25) is 0 Å². The molecule has 0 unspecified atom stereocenters. The molecule has 3 aromatic carbocycles. The van der Waals surface area contributed by atoms with Crippen molar-refractivity contribution in [3.05, 3.63) is 72.8 Å². The molecule has 0 spiro atoms. The average Bonchev–Trinajstić information content (AvgIpc) is 2.81. The van der Waals surface area contributed by atoms with E-state index in [2.05, 4.69) is 0 Å². The summed E-state index contributed by atoms with van der Waals surface area (Å²) in [5, 5.41) is 0. The normalized spacial score (nSPS) is 26.2. The Balaban J connectivity index is 1.35. The lowest BCUT2D eigenvalue weighted by Crippen LogP contribution is -2.47. The Morgan fingerprint density at radius 2 is 0.667 bits per heavy atom. The van der Waals surface area contributed by atoms with Gasteiger partial charge in [0.25, 0.3) is 0 Å². The first-order valence-electron chi connectivity index (χ1n) is 9.21. The van der Waals surface area contributed by atoms with Gasteiger partial charge in [-0.2, -0.15) is 0 Å². The molecule has 1 saturated heterocycles. The zero-order valence-corrected chi connectivity index (χ0v) is 18.2. The third-order valence-electron chi connectivity index (χ3n) is 4.76. The largest absolute Gasteiger partial charge is 0.486 e. The first-order valence-corrected chi connectivity index (χ1v) is 13.1. The molecule has 150 valence electrons. The molecule has 0 N–H and O–H groups in total. The SMILES string of the molecule is c1ccc2c(c1)ON1[PH+](O2)N2Oc3ccccc3O[PH+]2N2Oc3ccccc3O[PH+]12. The molecule has 7 rings (SSSR count). The van der Waals surface area contributed by atoms with E-state index in [4.69, 9.17) is 28.1 Å². The van der Waals surface area contributed by atoms with Gasteiger partial charge in [-0.05, 0) is 36.4 Å². The molecular formula is C18H15N3O6P3+3. The third kappa shape index (κ3) is 2.51. The maximum Gasteiger partial charge on any atom is 0.486 e. The highest BCUT2D eigenvalue weighted by Gasteiger charge is 2.79. The second-order valence-corrected chi connectivity index (χ2v) is 12.7. The molecule has 30 heavy (non-hydrogen) atoms. The first-order chi connectivity index (χ1) is 14.8. The Bertz CT molecular complexity index is 915. The Hall–Kier alpha value is -2.37. The van der Waals surface area contributed by atoms with Gasteiger partial charge in [0.2, 0.25) is 48.3 Å². The van der Waals surface area contributed by atoms with Crippen molar-refractivity contribution in [1.29, 1.82) is 0 Å². The molecule has 1 fully saturated rings. The van der Waals surface area contributed by atoms with E-state index in [0.717, 1.165) is 0 Å². The molecule has 4 aliphatic rings. The van der Waals surface area contributed by atoms with Crippen LogP contribution in [0.5, 0.6) is 34.5 Å². The lowest BCUT2D eigenvalue weighted by atomic mass is 10.3. The second kappa shape index (κ2) is 6.56. The molecule has 0 aliphatic carbocycles. The number of hydrogen-bond donors (Lipinski definition) is 0. The van der Waals surface area contributed by atoms with Crippen LogP contribution in [0.25, 0.3) is 0 Å². The fourth-order valence-electron chi connectivity index (χ4n) is 3.40. The maximum absolute atomic E-state index is 6.37. The zero-order chi connectivity index (χ0) is 19.7. The van der Waals surface area contributed by atoms with Gasteiger partial charge in [-0.15, -0.1) is 0 Å². The highest BCUT2D eigenvalue weighted by molar-refractivity contribution is 7.78. The number of para-hydroxylation sites is 6. The fourth-order valence-corrected chi connectivity index (χ4v) is 11.9. The van der Waals surface area contributed by atoms with Crippen LogP contribution in [-0.4, -0.2) is 13.8 Å². The number of hydrogen-bond acceptors (Lipinski definition) is 9. The van der Waals surface area contributed by atoms with Crippen LogP contribution in [-0.2, 0) is 0 Å². The van der Waals surface area contributed by atoms with Crippen molar-refractivity contribution in [2.45, 2.75) is 0 Å². The summed E-state index contributed by atoms with van der Waals surface area (Å²) >= 11 is 0. The summed E-state index contributed by atoms with van der Waals surface area (Å²) in [5.41, 5.74) is 0. The molecule has 0 amide bonds. The van der Waals surface area contributed by atoms with Crippen molar-refractivity contribution in [1.82, 2.24) is 13.8 Å². The van der Waals surface area contributed by atoms with Crippen molar-refractivity contribution in [2.75, 3.05) is 0 Å². The van der Waals surface area contributed by atoms with Crippen LogP contribution in [0.1, 0.15) is 0 Å². The van der Waals surface area contributed by atoms with Gasteiger partial charge in [0.05, 0.1) is 0 Å². The average molecular weight is 462 g/mol. The van der Waals surface area contributed by atoms with E-state index in [-0.39, 0.29) is 0 Å². The smallest absolute Gasteiger partial charge is 0.333 e. The van der Waals surface area contributed by atoms with Gasteiger partial charge in [0.15, 0.2) is 0 Å². The summed E-state index contributed by atoms with van der Waals surface area (Å²) < 4.78 is 24.4. The number of benzene rings is 3. The minimum atomic E-state index is -1.97. The third-order valence-corrected chi connectivity index (χ3v) is 12.0. The molecule has 12 heteroatoms. The van der Waals surface area contributed by atoms with Crippen molar-refractivity contribution in [2.24, 2.45) is 0 Å². The predicted molar refractivity (Wildman–Crippen MR) is 114 cm³/mol. The molecule has 9 nitrogen and oxygen atoms in total. The molecule has 0 saturated carbocycles. The predicted octanol–water partition coefficient (Wildman–Crippen LogP) is 4.94. The topological polar surface area (TPSA) is 65.1 Å². The van der Waals surface area contributed by atoms with E-state index in [1.165, 1.54) is 0 Å². The molecule has 0 atom stereocenters. The van der Waals surface area contributed by atoms with Gasteiger partial charge in [-0.25, -0.2) is 0 Å². The van der Waals surface area contributed by atoms with Crippen LogP contribution < -0.4 is 28.1 Å². The second-order valence-electron chi connectivity index (χ2n) is 6.65. The van der Waals surface area contributed by atoms with Gasteiger partial charge in [-0.3, -0.25) is 13.6 Å². The summed E-state index contributed by atoms with van der Waals surface area (Å²) in [4.78, 5) is 18.7. The highest BCUT2D eigenvalue weighted by atomic mass is 31.3. The molecular weight excluding hydrogens is 447 g/mol. The Kier molecular flexibility index (Phi) is 3.79. The van der Waals surface area contributed by atoms with E-state index in [0.29, 0.717) is 34.5 Å². The van der Waals surface area contributed by atoms with E-state index < -0.39 is 25.3 Å². The van der Waals surface area contributed by atoms with Gasteiger partial charge in [0.1, 0.15) is 0 Å². The van der Waals surface area contributed by atoms with E-state index in [9.17, 15) is 0 Å². The lowest BCUT2D eigenvalue weighted by molar-refractivity contribution is -0.0116. The minimum absolute atomic E-state index is 0.625. The first kappa shape index (κ1) is 17.3. The quantitative estimate of drug-likeness (QED) is 0.432. The summed E-state index contributed by atoms with van der Waals surface area (Å²) in [6.45, 7) is 0. The summed E-state index contributed by atoms with van der Waals surface area (Å²) in [7, 11) is -5.91. The van der Waals surface area contributed by atoms with Crippen molar-refractivity contribution < 1.29 is 28.1 Å². The monoisotopic (exact) mass is 462 g/mol. The van der Waals surface area contributed by atoms with E-state index in [1.54, 1.807) is 13.8 Å². The van der Waals surface area contributed by atoms with Crippen LogP contribution in [0.15, 0.2) is 72.8 Å². The Morgan fingerprint density at radius 3 is 0.967 bits per heavy atom. The summed E-state index contributed by atoms with van der Waals surface area (Å²) in [6.07, 6.45) is 0. The lowest BCUT2D eigenvalue weighted by Gasteiger charge is -2.38. The molecule has 3 aromatic rings. The minimum Gasteiger partial charge on any atom is -0.333 e. The van der Waals surface area contributed by atoms with E-state index in [1.807, 2.05) is 72.8 Å². The van der Waals surface area contributed by atoms with Crippen LogP contribution >= 0.6 is 25.3 Å². The van der Waals surface area contributed by atoms with E-state index >= 15 is 0 Å². The maximum atomic E-state index is 6.37. The molecule has 0 aromatic heterocycles. The van der Waals surface area contributed by atoms with Gasteiger partial charge in [0, 0.05) is 0 Å². The van der Waals surface area contributed by atoms with Crippen molar-refractivity contribution in [3.8, 4) is 34.5 Å². The van der Waals surface area contributed by atoms with Crippen molar-refractivity contribution >= 4 is 25.3 Å².